The number of hydrogen-bond acceptors (Lipinski definition) is 4. The van der Waals surface area contributed by atoms with Crippen molar-refractivity contribution in [1.29, 1.82) is 0 Å². The van der Waals surface area contributed by atoms with Crippen LogP contribution >= 0.6 is 0 Å². The smallest absolute Gasteiger partial charge is 0.161 e. The SMILES string of the molecule is CCOc1cc(C=O)ccc1OCCOc1cc(C)cc(CC)c1. The Labute approximate surface area is 143 Å². The number of hydrogen-bond donors (Lipinski definition) is 0. The average molecular weight is 328 g/mol. The van der Waals surface area contributed by atoms with Crippen LogP contribution < -0.4 is 14.2 Å². The first kappa shape index (κ1) is 17.9. The lowest BCUT2D eigenvalue weighted by molar-refractivity contribution is 0.112. The molecule has 0 saturated heterocycles. The first-order valence-corrected chi connectivity index (χ1v) is 8.24. The number of benzene rings is 2. The Morgan fingerprint density at radius 1 is 0.917 bits per heavy atom. The Bertz CT molecular complexity index is 679. The average Bonchev–Trinajstić information content (AvgIpc) is 2.59. The summed E-state index contributed by atoms with van der Waals surface area (Å²) in [4.78, 5) is 10.9. The van der Waals surface area contributed by atoms with Crippen molar-refractivity contribution in [3.63, 3.8) is 0 Å². The van der Waals surface area contributed by atoms with Gasteiger partial charge in [-0.05, 0) is 61.7 Å². The molecule has 0 N–H and O–H groups in total. The summed E-state index contributed by atoms with van der Waals surface area (Å²) in [5, 5.41) is 0. The zero-order chi connectivity index (χ0) is 17.4. The predicted molar refractivity (Wildman–Crippen MR) is 94.5 cm³/mol. The molecule has 128 valence electrons. The van der Waals surface area contributed by atoms with Crippen molar-refractivity contribution in [2.24, 2.45) is 0 Å². The molecule has 2 aromatic carbocycles. The number of aldehydes is 1. The van der Waals surface area contributed by atoms with E-state index < -0.39 is 0 Å². The molecule has 0 amide bonds. The van der Waals surface area contributed by atoms with E-state index in [1.54, 1.807) is 18.2 Å². The zero-order valence-corrected chi connectivity index (χ0v) is 14.5. The lowest BCUT2D eigenvalue weighted by atomic mass is 10.1. The lowest BCUT2D eigenvalue weighted by Crippen LogP contribution is -2.10. The highest BCUT2D eigenvalue weighted by atomic mass is 16.5. The quantitative estimate of drug-likeness (QED) is 0.510. The Hall–Kier alpha value is -2.49. The molecule has 0 saturated carbocycles. The maximum Gasteiger partial charge on any atom is 0.161 e. The van der Waals surface area contributed by atoms with Gasteiger partial charge in [-0.3, -0.25) is 4.79 Å². The second-order valence-electron chi connectivity index (χ2n) is 5.46. The second kappa shape index (κ2) is 8.96. The van der Waals surface area contributed by atoms with E-state index in [-0.39, 0.29) is 0 Å². The van der Waals surface area contributed by atoms with Crippen molar-refractivity contribution in [3.05, 3.63) is 53.1 Å². The highest BCUT2D eigenvalue weighted by Crippen LogP contribution is 2.28. The molecule has 0 atom stereocenters. The van der Waals surface area contributed by atoms with Gasteiger partial charge in [-0.25, -0.2) is 0 Å². The van der Waals surface area contributed by atoms with E-state index in [0.29, 0.717) is 36.9 Å². The lowest BCUT2D eigenvalue weighted by Gasteiger charge is -2.13. The fourth-order valence-electron chi connectivity index (χ4n) is 2.41. The number of carbonyl (C=O) groups is 1. The van der Waals surface area contributed by atoms with E-state index in [1.165, 1.54) is 11.1 Å². The third-order valence-electron chi connectivity index (χ3n) is 3.53. The van der Waals surface area contributed by atoms with Crippen LogP contribution in [-0.2, 0) is 6.42 Å². The van der Waals surface area contributed by atoms with E-state index >= 15 is 0 Å². The van der Waals surface area contributed by atoms with Crippen molar-refractivity contribution in [2.45, 2.75) is 27.2 Å². The van der Waals surface area contributed by atoms with Crippen molar-refractivity contribution < 1.29 is 19.0 Å². The number of aryl methyl sites for hydroxylation is 2. The minimum Gasteiger partial charge on any atom is -0.490 e. The molecule has 4 nitrogen and oxygen atoms in total. The van der Waals surface area contributed by atoms with Gasteiger partial charge < -0.3 is 14.2 Å². The Morgan fingerprint density at radius 2 is 1.71 bits per heavy atom. The van der Waals surface area contributed by atoms with Crippen molar-refractivity contribution in [1.82, 2.24) is 0 Å². The first-order chi connectivity index (χ1) is 11.7. The van der Waals surface area contributed by atoms with Crippen LogP contribution in [0.15, 0.2) is 36.4 Å². The molecule has 0 aliphatic heterocycles. The van der Waals surface area contributed by atoms with Gasteiger partial charge in [0, 0.05) is 5.56 Å². The van der Waals surface area contributed by atoms with E-state index in [9.17, 15) is 4.79 Å². The summed E-state index contributed by atoms with van der Waals surface area (Å²) in [6.45, 7) is 7.43. The van der Waals surface area contributed by atoms with Gasteiger partial charge >= 0.3 is 0 Å². The van der Waals surface area contributed by atoms with Gasteiger partial charge in [-0.2, -0.15) is 0 Å². The Morgan fingerprint density at radius 3 is 2.42 bits per heavy atom. The highest BCUT2D eigenvalue weighted by molar-refractivity contribution is 5.76. The summed E-state index contributed by atoms with van der Waals surface area (Å²) in [6.07, 6.45) is 1.77. The van der Waals surface area contributed by atoms with Gasteiger partial charge in [0.2, 0.25) is 0 Å². The minimum atomic E-state index is 0.399. The number of ether oxygens (including phenoxy) is 3. The van der Waals surface area contributed by atoms with Crippen LogP contribution in [0.4, 0.5) is 0 Å². The molecule has 0 radical (unpaired) electrons. The van der Waals surface area contributed by atoms with Gasteiger partial charge in [0.05, 0.1) is 6.61 Å². The van der Waals surface area contributed by atoms with Gasteiger partial charge in [-0.1, -0.05) is 13.0 Å². The summed E-state index contributed by atoms with van der Waals surface area (Å²) in [5.74, 6) is 2.05. The van der Waals surface area contributed by atoms with Gasteiger partial charge in [-0.15, -0.1) is 0 Å². The van der Waals surface area contributed by atoms with Crippen molar-refractivity contribution in [2.75, 3.05) is 19.8 Å². The second-order valence-corrected chi connectivity index (χ2v) is 5.46. The largest absolute Gasteiger partial charge is 0.490 e. The summed E-state index contributed by atoms with van der Waals surface area (Å²) in [6, 6.07) is 11.4. The molecule has 24 heavy (non-hydrogen) atoms. The summed E-state index contributed by atoms with van der Waals surface area (Å²) in [7, 11) is 0. The van der Waals surface area contributed by atoms with Crippen LogP contribution in [0.5, 0.6) is 17.2 Å². The summed E-state index contributed by atoms with van der Waals surface area (Å²) in [5.41, 5.74) is 3.01. The van der Waals surface area contributed by atoms with Gasteiger partial charge in [0.1, 0.15) is 25.2 Å². The molecule has 0 bridgehead atoms. The fraction of sp³-hybridized carbons (Fsp3) is 0.350. The molecular formula is C20H24O4. The standard InChI is InChI=1S/C20H24O4/c1-4-16-10-15(3)11-18(12-16)23-8-9-24-19-7-6-17(14-21)13-20(19)22-5-2/h6-7,10-14H,4-5,8-9H2,1-3H3. The number of carbonyl (C=O) groups excluding carboxylic acids is 1. The van der Waals surface area contributed by atoms with E-state index in [0.717, 1.165) is 18.5 Å². The summed E-state index contributed by atoms with van der Waals surface area (Å²) >= 11 is 0. The Balaban J connectivity index is 1.92. The van der Waals surface area contributed by atoms with Gasteiger partial charge in [0.25, 0.3) is 0 Å². The Kier molecular flexibility index (Phi) is 6.67. The van der Waals surface area contributed by atoms with Crippen molar-refractivity contribution in [3.8, 4) is 17.2 Å². The highest BCUT2D eigenvalue weighted by Gasteiger charge is 2.06. The molecule has 0 unspecified atom stereocenters. The molecular weight excluding hydrogens is 304 g/mol. The van der Waals surface area contributed by atoms with Crippen LogP contribution in [0.25, 0.3) is 0 Å². The first-order valence-electron chi connectivity index (χ1n) is 8.24. The summed E-state index contributed by atoms with van der Waals surface area (Å²) < 4.78 is 17.0. The van der Waals surface area contributed by atoms with E-state index in [4.69, 9.17) is 14.2 Å². The molecule has 4 heteroatoms. The van der Waals surface area contributed by atoms with Crippen LogP contribution in [-0.4, -0.2) is 26.1 Å². The molecule has 0 aliphatic carbocycles. The predicted octanol–water partition coefficient (Wildman–Crippen LogP) is 4.23. The van der Waals surface area contributed by atoms with E-state index in [1.807, 2.05) is 13.0 Å². The van der Waals surface area contributed by atoms with Crippen LogP contribution in [0.2, 0.25) is 0 Å². The minimum absolute atomic E-state index is 0.399. The zero-order valence-electron chi connectivity index (χ0n) is 14.5. The number of rotatable bonds is 9. The third kappa shape index (κ3) is 5.01. The molecule has 0 spiro atoms. The van der Waals surface area contributed by atoms with Crippen molar-refractivity contribution >= 4 is 6.29 Å². The monoisotopic (exact) mass is 328 g/mol. The normalized spacial score (nSPS) is 10.3. The maximum atomic E-state index is 10.9. The fourth-order valence-corrected chi connectivity index (χ4v) is 2.41. The molecule has 0 aliphatic rings. The molecule has 2 aromatic rings. The molecule has 0 aromatic heterocycles. The molecule has 0 fully saturated rings. The molecule has 0 heterocycles. The van der Waals surface area contributed by atoms with Crippen LogP contribution in [0.3, 0.4) is 0 Å². The van der Waals surface area contributed by atoms with Crippen LogP contribution in [0.1, 0.15) is 35.3 Å². The van der Waals surface area contributed by atoms with Gasteiger partial charge in [0.15, 0.2) is 11.5 Å². The van der Waals surface area contributed by atoms with E-state index in [2.05, 4.69) is 26.0 Å². The maximum absolute atomic E-state index is 10.9. The topological polar surface area (TPSA) is 44.8 Å². The third-order valence-corrected chi connectivity index (χ3v) is 3.53. The van der Waals surface area contributed by atoms with Crippen LogP contribution in [0, 0.1) is 6.92 Å². The molecule has 2 rings (SSSR count).